The molecule has 1 aromatic rings. The van der Waals surface area contributed by atoms with Crippen molar-refractivity contribution >= 4 is 17.6 Å². The summed E-state index contributed by atoms with van der Waals surface area (Å²) in [6.45, 7) is 1.57. The first-order chi connectivity index (χ1) is 7.29. The number of aryl methyl sites for hydroxylation is 1. The van der Waals surface area contributed by atoms with Gasteiger partial charge >= 0.3 is 5.97 Å². The average Bonchev–Trinajstić information content (AvgIpc) is 2.69. The predicted octanol–water partition coefficient (Wildman–Crippen LogP) is 2.40. The van der Waals surface area contributed by atoms with Gasteiger partial charge in [-0.1, -0.05) is 11.6 Å². The Morgan fingerprint density at radius 3 is 2.50 bits per heavy atom. The predicted molar refractivity (Wildman–Crippen MR) is 52.9 cm³/mol. The molecule has 1 saturated carbocycles. The van der Waals surface area contributed by atoms with Gasteiger partial charge in [-0.15, -0.1) is 0 Å². The van der Waals surface area contributed by atoms with Crippen LogP contribution in [0, 0.1) is 6.92 Å². The normalized spacial score (nSPS) is 26.5. The van der Waals surface area contributed by atoms with E-state index in [1.54, 1.807) is 6.92 Å². The number of carboxylic acids is 1. The Morgan fingerprint density at radius 1 is 1.56 bits per heavy atom. The molecule has 0 bridgehead atoms. The molecule has 86 valence electrons. The summed E-state index contributed by atoms with van der Waals surface area (Å²) < 4.78 is 26.4. The zero-order valence-electron chi connectivity index (χ0n) is 8.30. The van der Waals surface area contributed by atoms with Crippen LogP contribution in [0.25, 0.3) is 0 Å². The van der Waals surface area contributed by atoms with Gasteiger partial charge in [0.25, 0.3) is 5.92 Å². The van der Waals surface area contributed by atoms with Crippen LogP contribution >= 0.6 is 11.6 Å². The van der Waals surface area contributed by atoms with E-state index in [1.165, 1.54) is 12.1 Å². The van der Waals surface area contributed by atoms with Gasteiger partial charge < -0.3 is 5.11 Å². The highest BCUT2D eigenvalue weighted by Gasteiger charge is 2.77. The molecule has 6 heteroatoms. The quantitative estimate of drug-likeness (QED) is 0.817. The van der Waals surface area contributed by atoms with Gasteiger partial charge in [-0.3, -0.25) is 4.79 Å². The maximum atomic E-state index is 13.2. The molecule has 1 aromatic heterocycles. The summed E-state index contributed by atoms with van der Waals surface area (Å²) in [4.78, 5) is 14.8. The van der Waals surface area contributed by atoms with Crippen molar-refractivity contribution in [3.63, 3.8) is 0 Å². The van der Waals surface area contributed by atoms with Gasteiger partial charge in [0.15, 0.2) is 5.41 Å². The minimum Gasteiger partial charge on any atom is -0.480 e. The third-order valence-electron chi connectivity index (χ3n) is 2.77. The Hall–Kier alpha value is -1.23. The van der Waals surface area contributed by atoms with E-state index in [1.807, 2.05) is 0 Å². The number of carbonyl (C=O) groups is 1. The average molecular weight is 248 g/mol. The molecule has 0 saturated heterocycles. The monoisotopic (exact) mass is 247 g/mol. The number of carboxylic acid groups (broad SMARTS) is 1. The lowest BCUT2D eigenvalue weighted by Gasteiger charge is -2.12. The number of rotatable bonds is 2. The first-order valence-corrected chi connectivity index (χ1v) is 4.93. The second kappa shape index (κ2) is 3.13. The molecule has 0 aromatic carbocycles. The van der Waals surface area contributed by atoms with Crippen molar-refractivity contribution in [2.24, 2.45) is 0 Å². The van der Waals surface area contributed by atoms with E-state index < -0.39 is 23.7 Å². The van der Waals surface area contributed by atoms with Gasteiger partial charge in [0.2, 0.25) is 0 Å². The number of alkyl halides is 2. The molecule has 0 radical (unpaired) electrons. The SMILES string of the molecule is Cc1cc(C2(C(=O)O)CC2(F)F)cc(Cl)n1. The maximum absolute atomic E-state index is 13.2. The molecule has 1 aliphatic rings. The van der Waals surface area contributed by atoms with E-state index in [-0.39, 0.29) is 10.7 Å². The van der Waals surface area contributed by atoms with Gasteiger partial charge in [-0.05, 0) is 24.6 Å². The highest BCUT2D eigenvalue weighted by atomic mass is 35.5. The molecule has 16 heavy (non-hydrogen) atoms. The van der Waals surface area contributed by atoms with E-state index in [2.05, 4.69) is 4.98 Å². The molecule has 1 unspecified atom stereocenters. The van der Waals surface area contributed by atoms with Crippen LogP contribution in [0.15, 0.2) is 12.1 Å². The number of nitrogens with zero attached hydrogens (tertiary/aromatic N) is 1. The second-order valence-corrected chi connectivity index (χ2v) is 4.30. The van der Waals surface area contributed by atoms with Crippen LogP contribution in [0.3, 0.4) is 0 Å². The number of halogens is 3. The van der Waals surface area contributed by atoms with Crippen molar-refractivity contribution < 1.29 is 18.7 Å². The topological polar surface area (TPSA) is 50.2 Å². The summed E-state index contributed by atoms with van der Waals surface area (Å²) in [5.74, 6) is -4.74. The Morgan fingerprint density at radius 2 is 2.12 bits per heavy atom. The van der Waals surface area contributed by atoms with E-state index >= 15 is 0 Å². The number of aromatic nitrogens is 1. The lowest BCUT2D eigenvalue weighted by Crippen LogP contribution is -2.27. The summed E-state index contributed by atoms with van der Waals surface area (Å²) in [7, 11) is 0. The fourth-order valence-corrected chi connectivity index (χ4v) is 2.08. The van der Waals surface area contributed by atoms with Crippen molar-refractivity contribution in [1.29, 1.82) is 0 Å². The highest BCUT2D eigenvalue weighted by Crippen LogP contribution is 2.61. The summed E-state index contributed by atoms with van der Waals surface area (Å²) in [5, 5.41) is 8.96. The van der Waals surface area contributed by atoms with Crippen LogP contribution < -0.4 is 0 Å². The fraction of sp³-hybridized carbons (Fsp3) is 0.400. The van der Waals surface area contributed by atoms with E-state index in [4.69, 9.17) is 16.7 Å². The van der Waals surface area contributed by atoms with Gasteiger partial charge in [0.1, 0.15) is 5.15 Å². The van der Waals surface area contributed by atoms with Crippen LogP contribution in [-0.4, -0.2) is 22.0 Å². The Bertz CT molecular complexity index is 458. The smallest absolute Gasteiger partial charge is 0.320 e. The lowest BCUT2D eigenvalue weighted by molar-refractivity contribution is -0.142. The largest absolute Gasteiger partial charge is 0.480 e. The van der Waals surface area contributed by atoms with Crippen molar-refractivity contribution in [1.82, 2.24) is 4.98 Å². The molecule has 3 nitrogen and oxygen atoms in total. The minimum atomic E-state index is -3.21. The maximum Gasteiger partial charge on any atom is 0.320 e. The van der Waals surface area contributed by atoms with Crippen molar-refractivity contribution in [3.8, 4) is 0 Å². The van der Waals surface area contributed by atoms with Crippen LogP contribution in [0.2, 0.25) is 5.15 Å². The van der Waals surface area contributed by atoms with Gasteiger partial charge in [0, 0.05) is 12.1 Å². The van der Waals surface area contributed by atoms with Gasteiger partial charge in [-0.2, -0.15) is 0 Å². The number of aliphatic carboxylic acids is 1. The van der Waals surface area contributed by atoms with Crippen LogP contribution in [0.4, 0.5) is 8.78 Å². The molecular formula is C10H8ClF2NO2. The Kier molecular flexibility index (Phi) is 2.21. The van der Waals surface area contributed by atoms with Crippen molar-refractivity contribution in [2.45, 2.75) is 24.7 Å². The molecule has 1 aliphatic carbocycles. The van der Waals surface area contributed by atoms with E-state index in [0.29, 0.717) is 5.69 Å². The van der Waals surface area contributed by atoms with Crippen LogP contribution in [0.1, 0.15) is 17.7 Å². The van der Waals surface area contributed by atoms with E-state index in [0.717, 1.165) is 0 Å². The molecule has 1 N–H and O–H groups in total. The van der Waals surface area contributed by atoms with Crippen LogP contribution in [0.5, 0.6) is 0 Å². The second-order valence-electron chi connectivity index (χ2n) is 3.91. The summed E-state index contributed by atoms with van der Waals surface area (Å²) in [5.41, 5.74) is -1.68. The summed E-state index contributed by atoms with van der Waals surface area (Å²) in [6.07, 6.45) is -0.685. The molecule has 2 rings (SSSR count). The molecule has 1 atom stereocenters. The van der Waals surface area contributed by atoms with Crippen molar-refractivity contribution in [2.75, 3.05) is 0 Å². The third-order valence-corrected chi connectivity index (χ3v) is 2.96. The first-order valence-electron chi connectivity index (χ1n) is 4.55. The summed E-state index contributed by atoms with van der Waals surface area (Å²) in [6, 6.07) is 2.52. The lowest BCUT2D eigenvalue weighted by atomic mass is 9.96. The number of hydrogen-bond acceptors (Lipinski definition) is 2. The number of pyridine rings is 1. The molecular weight excluding hydrogens is 240 g/mol. The zero-order chi connectivity index (χ0) is 12.1. The molecule has 0 spiro atoms. The Labute approximate surface area is 95.1 Å². The van der Waals surface area contributed by atoms with Gasteiger partial charge in [-0.25, -0.2) is 13.8 Å². The molecule has 0 aliphatic heterocycles. The molecule has 1 fully saturated rings. The van der Waals surface area contributed by atoms with Crippen LogP contribution in [-0.2, 0) is 10.2 Å². The van der Waals surface area contributed by atoms with E-state index in [9.17, 15) is 13.6 Å². The minimum absolute atomic E-state index is 0.0162. The third kappa shape index (κ3) is 1.38. The fourth-order valence-electron chi connectivity index (χ4n) is 1.83. The zero-order valence-corrected chi connectivity index (χ0v) is 9.05. The highest BCUT2D eigenvalue weighted by molar-refractivity contribution is 6.29. The Balaban J connectivity index is 2.55. The summed E-state index contributed by atoms with van der Waals surface area (Å²) >= 11 is 5.63. The number of hydrogen-bond donors (Lipinski definition) is 1. The first kappa shape index (κ1) is 11.3. The van der Waals surface area contributed by atoms with Crippen molar-refractivity contribution in [3.05, 3.63) is 28.5 Å². The molecule has 0 amide bonds. The molecule has 1 heterocycles. The standard InChI is InChI=1S/C10H8ClF2NO2/c1-5-2-6(3-7(11)14-5)9(8(15)16)4-10(9,12)13/h2-3H,4H2,1H3,(H,15,16). The van der Waals surface area contributed by atoms with Gasteiger partial charge in [0.05, 0.1) is 0 Å².